The molecule has 0 saturated heterocycles. The number of nitrogens with one attached hydrogen (secondary N) is 1. The normalized spacial score (nSPS) is 13.5. The molecule has 5 nitrogen and oxygen atoms in total. The lowest BCUT2D eigenvalue weighted by Crippen LogP contribution is -2.17. The molecule has 3 aromatic rings. The molecule has 0 unspecified atom stereocenters. The summed E-state index contributed by atoms with van der Waals surface area (Å²) in [6.45, 7) is 6.49. The van der Waals surface area contributed by atoms with Crippen molar-refractivity contribution in [1.82, 2.24) is 4.98 Å². The summed E-state index contributed by atoms with van der Waals surface area (Å²) in [7, 11) is -3.70. The maximum Gasteiger partial charge on any atom is 0.263 e. The molecule has 0 radical (unpaired) electrons. The van der Waals surface area contributed by atoms with Crippen LogP contribution in [0.5, 0.6) is 0 Å². The first-order valence-corrected chi connectivity index (χ1v) is 10.8. The standard InChI is InChI=1S/C22H23N3O2S/c1-15-12-16(2)22(17(3)13-15)28(26,27)24-21-9-8-19(14-23-21)25-11-10-18-6-4-5-7-20(18)25/h4-9,12-14H,10-11H2,1-3H3,(H,23,24). The maximum absolute atomic E-state index is 12.9. The van der Waals surface area contributed by atoms with E-state index in [1.807, 2.05) is 51.1 Å². The summed E-state index contributed by atoms with van der Waals surface area (Å²) in [5.74, 6) is 0.315. The van der Waals surface area contributed by atoms with Crippen LogP contribution >= 0.6 is 0 Å². The Hall–Kier alpha value is -2.86. The summed E-state index contributed by atoms with van der Waals surface area (Å²) in [5.41, 5.74) is 5.96. The van der Waals surface area contributed by atoms with Crippen molar-refractivity contribution in [2.45, 2.75) is 32.1 Å². The van der Waals surface area contributed by atoms with E-state index in [0.717, 1.165) is 35.3 Å². The second-order valence-corrected chi connectivity index (χ2v) is 8.88. The molecule has 144 valence electrons. The molecule has 0 atom stereocenters. The van der Waals surface area contributed by atoms with Gasteiger partial charge in [0.2, 0.25) is 0 Å². The third-order valence-electron chi connectivity index (χ3n) is 5.06. The number of sulfonamides is 1. The number of anilines is 3. The predicted molar refractivity (Wildman–Crippen MR) is 113 cm³/mol. The molecule has 2 heterocycles. The van der Waals surface area contributed by atoms with Crippen LogP contribution in [0.25, 0.3) is 0 Å². The largest absolute Gasteiger partial charge is 0.340 e. The summed E-state index contributed by atoms with van der Waals surface area (Å²) < 4.78 is 28.4. The molecule has 0 fully saturated rings. The van der Waals surface area contributed by atoms with E-state index < -0.39 is 10.0 Å². The van der Waals surface area contributed by atoms with Crippen LogP contribution in [-0.2, 0) is 16.4 Å². The highest BCUT2D eigenvalue weighted by molar-refractivity contribution is 7.92. The van der Waals surface area contributed by atoms with Gasteiger partial charge in [-0.1, -0.05) is 35.9 Å². The Balaban J connectivity index is 1.59. The number of aromatic nitrogens is 1. The number of fused-ring (bicyclic) bond motifs is 1. The average Bonchev–Trinajstić information content (AvgIpc) is 3.05. The molecule has 0 bridgehead atoms. The molecule has 1 aliphatic heterocycles. The number of aryl methyl sites for hydroxylation is 3. The second-order valence-electron chi connectivity index (χ2n) is 7.27. The van der Waals surface area contributed by atoms with Crippen LogP contribution in [-0.4, -0.2) is 19.9 Å². The van der Waals surface area contributed by atoms with Gasteiger partial charge in [0, 0.05) is 12.2 Å². The smallest absolute Gasteiger partial charge is 0.263 e. The van der Waals surface area contributed by atoms with Gasteiger partial charge in [0.15, 0.2) is 0 Å². The highest BCUT2D eigenvalue weighted by atomic mass is 32.2. The fourth-order valence-corrected chi connectivity index (χ4v) is 5.46. The van der Waals surface area contributed by atoms with E-state index in [2.05, 4.69) is 26.7 Å². The first-order valence-electron chi connectivity index (χ1n) is 9.27. The fourth-order valence-electron chi connectivity index (χ4n) is 3.99. The molecular formula is C22H23N3O2S. The van der Waals surface area contributed by atoms with Crippen molar-refractivity contribution in [3.05, 3.63) is 77.0 Å². The van der Waals surface area contributed by atoms with Crippen LogP contribution in [0.4, 0.5) is 17.2 Å². The van der Waals surface area contributed by atoms with Gasteiger partial charge in [-0.25, -0.2) is 13.4 Å². The first-order chi connectivity index (χ1) is 13.3. The van der Waals surface area contributed by atoms with Crippen LogP contribution in [0.1, 0.15) is 22.3 Å². The monoisotopic (exact) mass is 393 g/mol. The van der Waals surface area contributed by atoms with Crippen molar-refractivity contribution in [2.75, 3.05) is 16.2 Å². The molecule has 1 N–H and O–H groups in total. The number of hydrogen-bond donors (Lipinski definition) is 1. The Morgan fingerprint density at radius 2 is 1.71 bits per heavy atom. The van der Waals surface area contributed by atoms with Gasteiger partial charge < -0.3 is 4.90 Å². The van der Waals surface area contributed by atoms with E-state index in [1.54, 1.807) is 12.3 Å². The molecule has 4 rings (SSSR count). The lowest BCUT2D eigenvalue weighted by Gasteiger charge is -2.19. The van der Waals surface area contributed by atoms with Gasteiger partial charge in [-0.05, 0) is 62.1 Å². The third-order valence-corrected chi connectivity index (χ3v) is 6.72. The Morgan fingerprint density at radius 1 is 1.00 bits per heavy atom. The quantitative estimate of drug-likeness (QED) is 0.709. The van der Waals surface area contributed by atoms with E-state index in [4.69, 9.17) is 0 Å². The minimum Gasteiger partial charge on any atom is -0.340 e. The van der Waals surface area contributed by atoms with Crippen molar-refractivity contribution < 1.29 is 8.42 Å². The summed E-state index contributed by atoms with van der Waals surface area (Å²) in [6.07, 6.45) is 2.71. The van der Waals surface area contributed by atoms with Crippen LogP contribution in [0.2, 0.25) is 0 Å². The number of pyridine rings is 1. The number of para-hydroxylation sites is 1. The Bertz CT molecular complexity index is 1120. The van der Waals surface area contributed by atoms with E-state index in [-0.39, 0.29) is 0 Å². The summed E-state index contributed by atoms with van der Waals surface area (Å²) >= 11 is 0. The van der Waals surface area contributed by atoms with Gasteiger partial charge in [-0.15, -0.1) is 0 Å². The topological polar surface area (TPSA) is 62.3 Å². The average molecular weight is 394 g/mol. The zero-order valence-electron chi connectivity index (χ0n) is 16.2. The SMILES string of the molecule is Cc1cc(C)c(S(=O)(=O)Nc2ccc(N3CCc4ccccc43)cn2)c(C)c1. The van der Waals surface area contributed by atoms with Gasteiger partial charge >= 0.3 is 0 Å². The predicted octanol–water partition coefficient (Wildman–Crippen LogP) is 4.50. The zero-order valence-corrected chi connectivity index (χ0v) is 17.0. The number of rotatable bonds is 4. The molecule has 0 aliphatic carbocycles. The molecule has 0 spiro atoms. The third kappa shape index (κ3) is 3.36. The second kappa shape index (κ2) is 6.95. The number of benzene rings is 2. The van der Waals surface area contributed by atoms with E-state index in [9.17, 15) is 8.42 Å². The summed E-state index contributed by atoms with van der Waals surface area (Å²) in [6, 6.07) is 15.7. The fraction of sp³-hybridized carbons (Fsp3) is 0.227. The molecule has 0 amide bonds. The minimum atomic E-state index is -3.70. The van der Waals surface area contributed by atoms with Crippen LogP contribution in [0.3, 0.4) is 0 Å². The molecule has 2 aromatic carbocycles. The van der Waals surface area contributed by atoms with Crippen LogP contribution in [0.15, 0.2) is 59.6 Å². The lowest BCUT2D eigenvalue weighted by atomic mass is 10.1. The van der Waals surface area contributed by atoms with Gasteiger partial charge in [0.25, 0.3) is 10.0 Å². The van der Waals surface area contributed by atoms with Gasteiger partial charge in [0.05, 0.1) is 16.8 Å². The molecule has 0 saturated carbocycles. The first kappa shape index (κ1) is 18.5. The van der Waals surface area contributed by atoms with Crippen molar-refractivity contribution in [2.24, 2.45) is 0 Å². The maximum atomic E-state index is 12.9. The molecule has 1 aliphatic rings. The van der Waals surface area contributed by atoms with Crippen LogP contribution in [0, 0.1) is 20.8 Å². The summed E-state index contributed by atoms with van der Waals surface area (Å²) in [5, 5.41) is 0. The van der Waals surface area contributed by atoms with E-state index in [0.29, 0.717) is 10.7 Å². The zero-order chi connectivity index (χ0) is 19.9. The van der Waals surface area contributed by atoms with Crippen LogP contribution < -0.4 is 9.62 Å². The highest BCUT2D eigenvalue weighted by Gasteiger charge is 2.22. The Labute approximate surface area is 166 Å². The minimum absolute atomic E-state index is 0.315. The van der Waals surface area contributed by atoms with E-state index >= 15 is 0 Å². The lowest BCUT2D eigenvalue weighted by molar-refractivity contribution is 0.600. The molecular weight excluding hydrogens is 370 g/mol. The number of nitrogens with zero attached hydrogens (tertiary/aromatic N) is 2. The van der Waals surface area contributed by atoms with E-state index in [1.165, 1.54) is 11.3 Å². The van der Waals surface area contributed by atoms with Gasteiger partial charge in [-0.2, -0.15) is 0 Å². The Kier molecular flexibility index (Phi) is 4.59. The van der Waals surface area contributed by atoms with Gasteiger partial charge in [0.1, 0.15) is 5.82 Å². The van der Waals surface area contributed by atoms with Crippen molar-refractivity contribution in [3.63, 3.8) is 0 Å². The molecule has 6 heteroatoms. The molecule has 1 aromatic heterocycles. The van der Waals surface area contributed by atoms with Crippen molar-refractivity contribution in [3.8, 4) is 0 Å². The molecule has 28 heavy (non-hydrogen) atoms. The Morgan fingerprint density at radius 3 is 2.39 bits per heavy atom. The van der Waals surface area contributed by atoms with Gasteiger partial charge in [-0.3, -0.25) is 4.72 Å². The van der Waals surface area contributed by atoms with Crippen molar-refractivity contribution in [1.29, 1.82) is 0 Å². The summed E-state index contributed by atoms with van der Waals surface area (Å²) in [4.78, 5) is 6.87. The van der Waals surface area contributed by atoms with Crippen molar-refractivity contribution >= 4 is 27.2 Å². The number of hydrogen-bond acceptors (Lipinski definition) is 4. The highest BCUT2D eigenvalue weighted by Crippen LogP contribution is 2.34.